The van der Waals surface area contributed by atoms with Crippen LogP contribution in [0, 0.1) is 11.6 Å². The first-order valence-electron chi connectivity index (χ1n) is 6.89. The van der Waals surface area contributed by atoms with Crippen LogP contribution < -0.4 is 5.32 Å². The highest BCUT2D eigenvalue weighted by Crippen LogP contribution is 2.36. The molecular formula is C15H20F2N2O2. The molecule has 21 heavy (non-hydrogen) atoms. The van der Waals surface area contributed by atoms with Crippen molar-refractivity contribution < 1.29 is 18.3 Å². The Bertz CT molecular complexity index is 543. The van der Waals surface area contributed by atoms with Crippen LogP contribution in [0.1, 0.15) is 29.6 Å². The summed E-state index contributed by atoms with van der Waals surface area (Å²) in [4.78, 5) is 13.4. The van der Waals surface area contributed by atoms with E-state index in [9.17, 15) is 13.6 Å². The zero-order valence-corrected chi connectivity index (χ0v) is 12.5. The van der Waals surface area contributed by atoms with Crippen LogP contribution in [0.25, 0.3) is 0 Å². The standard InChI is InChI=1S/C15H20F2N2O2/c1-19(2)15(7-4-8-15)9-18-11-6-5-10(14(20)21-3)12(16)13(11)17/h5-6,18H,4,7-9H2,1-3H3. The lowest BCUT2D eigenvalue weighted by Crippen LogP contribution is -2.54. The smallest absolute Gasteiger partial charge is 0.340 e. The van der Waals surface area contributed by atoms with Crippen LogP contribution in [0.4, 0.5) is 14.5 Å². The minimum absolute atomic E-state index is 0.00998. The fourth-order valence-electron chi connectivity index (χ4n) is 2.58. The van der Waals surface area contributed by atoms with Crippen molar-refractivity contribution >= 4 is 11.7 Å². The molecule has 0 aromatic heterocycles. The number of hydrogen-bond donors (Lipinski definition) is 1. The molecular weight excluding hydrogens is 278 g/mol. The lowest BCUT2D eigenvalue weighted by Gasteiger charge is -2.47. The minimum atomic E-state index is -1.18. The third-order valence-corrected chi connectivity index (χ3v) is 4.33. The highest BCUT2D eigenvalue weighted by molar-refractivity contribution is 5.90. The Morgan fingerprint density at radius 3 is 2.48 bits per heavy atom. The number of benzene rings is 1. The molecule has 1 aromatic rings. The van der Waals surface area contributed by atoms with Gasteiger partial charge in [0.15, 0.2) is 11.6 Å². The molecule has 0 bridgehead atoms. The molecule has 0 atom stereocenters. The Kier molecular flexibility index (Phi) is 4.46. The van der Waals surface area contributed by atoms with Crippen LogP contribution in [0.3, 0.4) is 0 Å². The maximum atomic E-state index is 14.0. The molecule has 1 aliphatic rings. The number of likely N-dealkylation sites (N-methyl/N-ethyl adjacent to an activating group) is 1. The summed E-state index contributed by atoms with van der Waals surface area (Å²) < 4.78 is 32.3. The van der Waals surface area contributed by atoms with E-state index >= 15 is 0 Å². The molecule has 1 fully saturated rings. The van der Waals surface area contributed by atoms with Crippen molar-refractivity contribution in [1.29, 1.82) is 0 Å². The number of nitrogens with zero attached hydrogens (tertiary/aromatic N) is 1. The molecule has 1 N–H and O–H groups in total. The fraction of sp³-hybridized carbons (Fsp3) is 0.533. The zero-order chi connectivity index (χ0) is 15.6. The number of anilines is 1. The van der Waals surface area contributed by atoms with Gasteiger partial charge in [0.2, 0.25) is 0 Å². The van der Waals surface area contributed by atoms with Crippen molar-refractivity contribution in [2.75, 3.05) is 33.1 Å². The van der Waals surface area contributed by atoms with Gasteiger partial charge in [-0.1, -0.05) is 0 Å². The van der Waals surface area contributed by atoms with Gasteiger partial charge in [-0.3, -0.25) is 0 Å². The molecule has 0 heterocycles. The number of methoxy groups -OCH3 is 1. The molecule has 1 aliphatic carbocycles. The van der Waals surface area contributed by atoms with Gasteiger partial charge in [-0.2, -0.15) is 0 Å². The number of carbonyl (C=O) groups is 1. The van der Waals surface area contributed by atoms with Gasteiger partial charge < -0.3 is 15.0 Å². The van der Waals surface area contributed by atoms with Gasteiger partial charge in [0.25, 0.3) is 0 Å². The van der Waals surface area contributed by atoms with Gasteiger partial charge in [-0.05, 0) is 45.5 Å². The monoisotopic (exact) mass is 298 g/mol. The fourth-order valence-corrected chi connectivity index (χ4v) is 2.58. The molecule has 0 unspecified atom stereocenters. The number of ether oxygens (including phenoxy) is 1. The van der Waals surface area contributed by atoms with Crippen molar-refractivity contribution in [3.8, 4) is 0 Å². The molecule has 4 nitrogen and oxygen atoms in total. The average Bonchev–Trinajstić information content (AvgIpc) is 2.41. The summed E-state index contributed by atoms with van der Waals surface area (Å²) in [7, 11) is 5.10. The summed E-state index contributed by atoms with van der Waals surface area (Å²) >= 11 is 0. The first-order valence-corrected chi connectivity index (χ1v) is 6.89. The van der Waals surface area contributed by atoms with Crippen molar-refractivity contribution in [3.05, 3.63) is 29.3 Å². The number of rotatable bonds is 5. The summed E-state index contributed by atoms with van der Waals surface area (Å²) in [5, 5.41) is 2.95. The Labute approximate surface area is 123 Å². The Morgan fingerprint density at radius 1 is 1.33 bits per heavy atom. The van der Waals surface area contributed by atoms with Crippen molar-refractivity contribution in [3.63, 3.8) is 0 Å². The van der Waals surface area contributed by atoms with Gasteiger partial charge in [0.1, 0.15) is 0 Å². The van der Waals surface area contributed by atoms with E-state index in [-0.39, 0.29) is 11.2 Å². The lowest BCUT2D eigenvalue weighted by atomic mass is 9.75. The third-order valence-electron chi connectivity index (χ3n) is 4.33. The van der Waals surface area contributed by atoms with Gasteiger partial charge in [0, 0.05) is 12.1 Å². The molecule has 2 rings (SSSR count). The largest absolute Gasteiger partial charge is 0.465 e. The number of halogens is 2. The number of hydrogen-bond acceptors (Lipinski definition) is 4. The van der Waals surface area contributed by atoms with Crippen LogP contribution >= 0.6 is 0 Å². The molecule has 0 radical (unpaired) electrons. The molecule has 0 saturated heterocycles. The molecule has 0 amide bonds. The number of carbonyl (C=O) groups excluding carboxylic acids is 1. The molecule has 6 heteroatoms. The topological polar surface area (TPSA) is 41.6 Å². The van der Waals surface area contributed by atoms with E-state index in [2.05, 4.69) is 15.0 Å². The Balaban J connectivity index is 2.15. The average molecular weight is 298 g/mol. The van der Waals surface area contributed by atoms with E-state index in [0.29, 0.717) is 6.54 Å². The highest BCUT2D eigenvalue weighted by atomic mass is 19.2. The molecule has 0 spiro atoms. The summed E-state index contributed by atoms with van der Waals surface area (Å²) in [6, 6.07) is 2.60. The Morgan fingerprint density at radius 2 is 2.00 bits per heavy atom. The van der Waals surface area contributed by atoms with Crippen LogP contribution in [0.15, 0.2) is 12.1 Å². The second-order valence-corrected chi connectivity index (χ2v) is 5.61. The van der Waals surface area contributed by atoms with E-state index in [4.69, 9.17) is 0 Å². The van der Waals surface area contributed by atoms with Crippen LogP contribution in [0.5, 0.6) is 0 Å². The predicted molar refractivity (Wildman–Crippen MR) is 76.5 cm³/mol. The Hall–Kier alpha value is -1.69. The minimum Gasteiger partial charge on any atom is -0.465 e. The van der Waals surface area contributed by atoms with E-state index in [1.165, 1.54) is 12.1 Å². The van der Waals surface area contributed by atoms with Gasteiger partial charge in [0.05, 0.1) is 18.4 Å². The van der Waals surface area contributed by atoms with Crippen molar-refractivity contribution in [2.24, 2.45) is 0 Å². The molecule has 116 valence electrons. The number of nitrogens with one attached hydrogen (secondary N) is 1. The highest BCUT2D eigenvalue weighted by Gasteiger charge is 2.39. The summed E-state index contributed by atoms with van der Waals surface area (Å²) in [6.45, 7) is 0.536. The summed E-state index contributed by atoms with van der Waals surface area (Å²) in [6.07, 6.45) is 3.19. The lowest BCUT2D eigenvalue weighted by molar-refractivity contribution is 0.0594. The predicted octanol–water partition coefficient (Wildman–Crippen LogP) is 2.65. The molecule has 1 aromatic carbocycles. The quantitative estimate of drug-likeness (QED) is 0.849. The van der Waals surface area contributed by atoms with Crippen LogP contribution in [-0.2, 0) is 4.74 Å². The molecule has 1 saturated carbocycles. The van der Waals surface area contributed by atoms with E-state index in [1.807, 2.05) is 14.1 Å². The SMILES string of the molecule is COC(=O)c1ccc(NCC2(N(C)C)CCC2)c(F)c1F. The van der Waals surface area contributed by atoms with Gasteiger partial charge in [-0.25, -0.2) is 13.6 Å². The van der Waals surface area contributed by atoms with Crippen molar-refractivity contribution in [1.82, 2.24) is 4.90 Å². The summed E-state index contributed by atoms with van der Waals surface area (Å²) in [5.74, 6) is -3.12. The van der Waals surface area contributed by atoms with Crippen molar-refractivity contribution in [2.45, 2.75) is 24.8 Å². The van der Waals surface area contributed by atoms with Gasteiger partial charge in [-0.15, -0.1) is 0 Å². The zero-order valence-electron chi connectivity index (χ0n) is 12.5. The summed E-state index contributed by atoms with van der Waals surface area (Å²) in [5.41, 5.74) is -0.344. The number of esters is 1. The first kappa shape index (κ1) is 15.7. The van der Waals surface area contributed by atoms with Gasteiger partial charge >= 0.3 is 5.97 Å². The molecule has 0 aliphatic heterocycles. The second-order valence-electron chi connectivity index (χ2n) is 5.61. The van der Waals surface area contributed by atoms with E-state index in [0.717, 1.165) is 26.4 Å². The van der Waals surface area contributed by atoms with Crippen LogP contribution in [0.2, 0.25) is 0 Å². The van der Waals surface area contributed by atoms with E-state index in [1.54, 1.807) is 0 Å². The maximum absolute atomic E-state index is 14.0. The third kappa shape index (κ3) is 2.85. The normalized spacial score (nSPS) is 16.5. The first-order chi connectivity index (χ1) is 9.91. The van der Waals surface area contributed by atoms with Crippen LogP contribution in [-0.4, -0.2) is 44.2 Å². The van der Waals surface area contributed by atoms with E-state index < -0.39 is 23.2 Å². The maximum Gasteiger partial charge on any atom is 0.340 e. The second kappa shape index (κ2) is 5.97.